The number of thiazole rings is 1. The van der Waals surface area contributed by atoms with Crippen LogP contribution in [0, 0.1) is 0 Å². The SMILES string of the molecule is CCn1c(=O)sc2cc(NC(=O)COc3cccc(Cl)c3)ccc21. The lowest BCUT2D eigenvalue weighted by Gasteiger charge is -2.08. The summed E-state index contributed by atoms with van der Waals surface area (Å²) < 4.78 is 7.95. The Morgan fingerprint density at radius 3 is 2.88 bits per heavy atom. The first-order valence-electron chi connectivity index (χ1n) is 7.38. The lowest BCUT2D eigenvalue weighted by Crippen LogP contribution is -2.20. The highest BCUT2D eigenvalue weighted by atomic mass is 35.5. The van der Waals surface area contributed by atoms with Gasteiger partial charge >= 0.3 is 4.87 Å². The number of ether oxygens (including phenoxy) is 1. The number of halogens is 1. The lowest BCUT2D eigenvalue weighted by molar-refractivity contribution is -0.118. The first kappa shape index (κ1) is 16.5. The highest BCUT2D eigenvalue weighted by Crippen LogP contribution is 2.22. The number of aromatic nitrogens is 1. The quantitative estimate of drug-likeness (QED) is 0.751. The maximum Gasteiger partial charge on any atom is 0.308 e. The predicted molar refractivity (Wildman–Crippen MR) is 97.3 cm³/mol. The van der Waals surface area contributed by atoms with Gasteiger partial charge in [0.05, 0.1) is 10.2 Å². The number of fused-ring (bicyclic) bond motifs is 1. The summed E-state index contributed by atoms with van der Waals surface area (Å²) in [6, 6.07) is 12.3. The number of aryl methyl sites for hydroxylation is 1. The monoisotopic (exact) mass is 362 g/mol. The summed E-state index contributed by atoms with van der Waals surface area (Å²) in [5.41, 5.74) is 1.51. The van der Waals surface area contributed by atoms with Gasteiger partial charge in [0.15, 0.2) is 6.61 Å². The Kier molecular flexibility index (Phi) is 4.87. The number of amides is 1. The van der Waals surface area contributed by atoms with Crippen molar-refractivity contribution in [3.05, 3.63) is 57.2 Å². The highest BCUT2D eigenvalue weighted by Gasteiger charge is 2.09. The molecule has 24 heavy (non-hydrogen) atoms. The lowest BCUT2D eigenvalue weighted by atomic mass is 10.3. The minimum absolute atomic E-state index is 0.000246. The van der Waals surface area contributed by atoms with Crippen LogP contribution in [-0.4, -0.2) is 17.1 Å². The van der Waals surface area contributed by atoms with E-state index in [-0.39, 0.29) is 17.4 Å². The normalized spacial score (nSPS) is 10.8. The second-order valence-electron chi connectivity index (χ2n) is 5.09. The summed E-state index contributed by atoms with van der Waals surface area (Å²) in [6.07, 6.45) is 0. The third-order valence-corrected chi connectivity index (χ3v) is 4.61. The molecule has 7 heteroatoms. The molecule has 0 aliphatic rings. The molecule has 3 rings (SSSR count). The van der Waals surface area contributed by atoms with Crippen LogP contribution in [0.2, 0.25) is 5.02 Å². The summed E-state index contributed by atoms with van der Waals surface area (Å²) in [6.45, 7) is 2.43. The van der Waals surface area contributed by atoms with E-state index < -0.39 is 0 Å². The van der Waals surface area contributed by atoms with Crippen molar-refractivity contribution in [3.8, 4) is 5.75 Å². The minimum Gasteiger partial charge on any atom is -0.484 e. The summed E-state index contributed by atoms with van der Waals surface area (Å²) >= 11 is 7.03. The Hall–Kier alpha value is -2.31. The molecule has 1 aromatic heterocycles. The van der Waals surface area contributed by atoms with Gasteiger partial charge in [-0.05, 0) is 43.3 Å². The van der Waals surface area contributed by atoms with Crippen molar-refractivity contribution in [2.45, 2.75) is 13.5 Å². The molecular formula is C17H15ClN2O3S. The molecule has 0 fully saturated rings. The van der Waals surface area contributed by atoms with Gasteiger partial charge in [-0.3, -0.25) is 14.2 Å². The zero-order valence-corrected chi connectivity index (χ0v) is 14.5. The van der Waals surface area contributed by atoms with Gasteiger partial charge in [-0.2, -0.15) is 0 Å². The molecule has 0 saturated heterocycles. The maximum absolute atomic E-state index is 12.0. The molecular weight excluding hydrogens is 348 g/mol. The number of hydrogen-bond acceptors (Lipinski definition) is 4. The summed E-state index contributed by atoms with van der Waals surface area (Å²) in [5.74, 6) is 0.253. The van der Waals surface area contributed by atoms with E-state index in [9.17, 15) is 9.59 Å². The molecule has 0 unspecified atom stereocenters. The molecule has 0 aliphatic carbocycles. The number of hydrogen-bond donors (Lipinski definition) is 1. The Bertz CT molecular complexity index is 948. The fourth-order valence-electron chi connectivity index (χ4n) is 2.35. The van der Waals surface area contributed by atoms with Crippen molar-refractivity contribution >= 4 is 44.7 Å². The molecule has 0 bridgehead atoms. The Labute approximate surface area is 147 Å². The number of carbonyl (C=O) groups is 1. The zero-order chi connectivity index (χ0) is 17.1. The van der Waals surface area contributed by atoms with Gasteiger partial charge in [0, 0.05) is 17.3 Å². The van der Waals surface area contributed by atoms with Gasteiger partial charge in [-0.15, -0.1) is 0 Å². The van der Waals surface area contributed by atoms with Gasteiger partial charge in [-0.25, -0.2) is 0 Å². The number of nitrogens with one attached hydrogen (secondary N) is 1. The van der Waals surface area contributed by atoms with Crippen LogP contribution < -0.4 is 14.9 Å². The van der Waals surface area contributed by atoms with E-state index in [4.69, 9.17) is 16.3 Å². The molecule has 0 atom stereocenters. The minimum atomic E-state index is -0.281. The fourth-order valence-corrected chi connectivity index (χ4v) is 3.52. The number of nitrogens with zero attached hydrogens (tertiary/aromatic N) is 1. The number of benzene rings is 2. The Morgan fingerprint density at radius 2 is 2.12 bits per heavy atom. The summed E-state index contributed by atoms with van der Waals surface area (Å²) in [5, 5.41) is 3.31. The Morgan fingerprint density at radius 1 is 1.29 bits per heavy atom. The Balaban J connectivity index is 1.68. The average Bonchev–Trinajstić information content (AvgIpc) is 2.87. The molecule has 124 valence electrons. The van der Waals surface area contributed by atoms with Crippen LogP contribution in [0.25, 0.3) is 10.2 Å². The largest absolute Gasteiger partial charge is 0.484 e. The highest BCUT2D eigenvalue weighted by molar-refractivity contribution is 7.16. The number of carbonyl (C=O) groups excluding carboxylic acids is 1. The van der Waals surface area contributed by atoms with E-state index >= 15 is 0 Å². The third-order valence-electron chi connectivity index (χ3n) is 3.43. The second kappa shape index (κ2) is 7.07. The van der Waals surface area contributed by atoms with Crippen molar-refractivity contribution in [1.82, 2.24) is 4.57 Å². The molecule has 1 N–H and O–H groups in total. The third kappa shape index (κ3) is 3.60. The van der Waals surface area contributed by atoms with Crippen molar-refractivity contribution in [3.63, 3.8) is 0 Å². The molecule has 1 amide bonds. The van der Waals surface area contributed by atoms with Crippen molar-refractivity contribution in [1.29, 1.82) is 0 Å². The first-order chi connectivity index (χ1) is 11.6. The van der Waals surface area contributed by atoms with Crippen LogP contribution in [-0.2, 0) is 11.3 Å². The second-order valence-corrected chi connectivity index (χ2v) is 6.52. The first-order valence-corrected chi connectivity index (χ1v) is 8.58. The number of anilines is 1. The summed E-state index contributed by atoms with van der Waals surface area (Å²) in [7, 11) is 0. The van der Waals surface area contributed by atoms with Gasteiger partial charge in [0.25, 0.3) is 5.91 Å². The molecule has 3 aromatic rings. The number of rotatable bonds is 5. The fraction of sp³-hybridized carbons (Fsp3) is 0.176. The van der Waals surface area contributed by atoms with Gasteiger partial charge < -0.3 is 10.1 Å². The summed E-state index contributed by atoms with van der Waals surface area (Å²) in [4.78, 5) is 23.9. The molecule has 0 saturated carbocycles. The van der Waals surface area contributed by atoms with E-state index in [1.54, 1.807) is 41.0 Å². The molecule has 0 spiro atoms. The maximum atomic E-state index is 12.0. The van der Waals surface area contributed by atoms with Crippen molar-refractivity contribution in [2.24, 2.45) is 0 Å². The van der Waals surface area contributed by atoms with Crippen molar-refractivity contribution < 1.29 is 9.53 Å². The van der Waals surface area contributed by atoms with Crippen LogP contribution in [0.1, 0.15) is 6.92 Å². The van der Waals surface area contributed by atoms with Crippen LogP contribution >= 0.6 is 22.9 Å². The van der Waals surface area contributed by atoms with E-state index in [2.05, 4.69) is 5.32 Å². The zero-order valence-electron chi connectivity index (χ0n) is 12.9. The van der Waals surface area contributed by atoms with Crippen LogP contribution in [0.15, 0.2) is 47.3 Å². The smallest absolute Gasteiger partial charge is 0.308 e. The standard InChI is InChI=1S/C17H15ClN2O3S/c1-2-20-14-7-6-12(9-15(14)24-17(20)22)19-16(21)10-23-13-5-3-4-11(18)8-13/h3-9H,2,10H2,1H3,(H,19,21). The van der Waals surface area contributed by atoms with Crippen LogP contribution in [0.3, 0.4) is 0 Å². The molecule has 0 radical (unpaired) electrons. The van der Waals surface area contributed by atoms with Gasteiger partial charge in [0.2, 0.25) is 0 Å². The van der Waals surface area contributed by atoms with Gasteiger partial charge in [-0.1, -0.05) is 29.0 Å². The molecule has 5 nitrogen and oxygen atoms in total. The van der Waals surface area contributed by atoms with E-state index in [1.165, 1.54) is 11.3 Å². The topological polar surface area (TPSA) is 60.3 Å². The molecule has 0 aliphatic heterocycles. The van der Waals surface area contributed by atoms with E-state index in [0.717, 1.165) is 10.2 Å². The van der Waals surface area contributed by atoms with E-state index in [1.807, 2.05) is 13.0 Å². The van der Waals surface area contributed by atoms with Crippen LogP contribution in [0.5, 0.6) is 5.75 Å². The van der Waals surface area contributed by atoms with Crippen LogP contribution in [0.4, 0.5) is 5.69 Å². The van der Waals surface area contributed by atoms with E-state index in [0.29, 0.717) is 23.0 Å². The van der Waals surface area contributed by atoms with Crippen molar-refractivity contribution in [2.75, 3.05) is 11.9 Å². The molecule has 1 heterocycles. The average molecular weight is 363 g/mol. The molecule has 2 aromatic carbocycles. The van der Waals surface area contributed by atoms with Gasteiger partial charge in [0.1, 0.15) is 5.75 Å². The predicted octanol–water partition coefficient (Wildman–Crippen LogP) is 3.75.